The van der Waals surface area contributed by atoms with E-state index in [1.165, 1.54) is 18.3 Å². The molecule has 1 aromatic heterocycles. The minimum absolute atomic E-state index is 0.0701. The number of para-hydroxylation sites is 1. The normalized spacial score (nSPS) is 10.7. The van der Waals surface area contributed by atoms with Crippen LogP contribution in [0.4, 0.5) is 10.8 Å². The molecule has 0 aliphatic heterocycles. The van der Waals surface area contributed by atoms with E-state index >= 15 is 0 Å². The van der Waals surface area contributed by atoms with Crippen molar-refractivity contribution in [1.29, 1.82) is 0 Å². The molecule has 150 valence electrons. The number of nitrogens with zero attached hydrogens (tertiary/aromatic N) is 2. The van der Waals surface area contributed by atoms with Crippen molar-refractivity contribution in [1.82, 2.24) is 4.98 Å². The first-order valence-corrected chi connectivity index (χ1v) is 10.4. The number of fused-ring (bicyclic) bond motifs is 1. The monoisotopic (exact) mass is 416 g/mol. The molecule has 5 nitrogen and oxygen atoms in total. The van der Waals surface area contributed by atoms with Crippen LogP contribution in [0, 0.1) is 0 Å². The second-order valence-electron chi connectivity index (χ2n) is 6.79. The van der Waals surface area contributed by atoms with Crippen molar-refractivity contribution in [3.05, 3.63) is 89.4 Å². The van der Waals surface area contributed by atoms with Gasteiger partial charge in [-0.15, -0.1) is 11.3 Å². The summed E-state index contributed by atoms with van der Waals surface area (Å²) < 4.78 is 5.44. The quantitative estimate of drug-likeness (QED) is 0.402. The number of carbonyl (C=O) groups is 2. The summed E-state index contributed by atoms with van der Waals surface area (Å²) >= 11 is 1.34. The SMILES string of the molecule is CC(=O)N(c1ccccc1)c1nc(COC(=O)Cc2cccc3ccccc23)cs1. The van der Waals surface area contributed by atoms with Gasteiger partial charge >= 0.3 is 5.97 Å². The molecule has 4 rings (SSSR count). The van der Waals surface area contributed by atoms with Crippen LogP contribution in [0.1, 0.15) is 18.2 Å². The molecule has 0 radical (unpaired) electrons. The van der Waals surface area contributed by atoms with Gasteiger partial charge in [-0.2, -0.15) is 0 Å². The van der Waals surface area contributed by atoms with Crippen molar-refractivity contribution in [2.45, 2.75) is 20.0 Å². The minimum atomic E-state index is -0.313. The van der Waals surface area contributed by atoms with Gasteiger partial charge in [-0.1, -0.05) is 60.7 Å². The van der Waals surface area contributed by atoms with Crippen LogP contribution >= 0.6 is 11.3 Å². The van der Waals surface area contributed by atoms with Crippen molar-refractivity contribution in [3.63, 3.8) is 0 Å². The van der Waals surface area contributed by atoms with E-state index in [9.17, 15) is 9.59 Å². The van der Waals surface area contributed by atoms with Gasteiger partial charge < -0.3 is 4.74 Å². The van der Waals surface area contributed by atoms with Crippen molar-refractivity contribution in [2.75, 3.05) is 4.90 Å². The highest BCUT2D eigenvalue weighted by molar-refractivity contribution is 7.14. The first kappa shape index (κ1) is 19.8. The van der Waals surface area contributed by atoms with Gasteiger partial charge in [0.2, 0.25) is 5.91 Å². The fourth-order valence-electron chi connectivity index (χ4n) is 3.28. The van der Waals surface area contributed by atoms with Gasteiger partial charge in [-0.3, -0.25) is 14.5 Å². The van der Waals surface area contributed by atoms with Gasteiger partial charge in [0, 0.05) is 12.3 Å². The van der Waals surface area contributed by atoms with Crippen LogP contribution in [0.5, 0.6) is 0 Å². The zero-order chi connectivity index (χ0) is 20.9. The lowest BCUT2D eigenvalue weighted by atomic mass is 10.0. The number of thiazole rings is 1. The molecule has 0 aliphatic carbocycles. The number of aromatic nitrogens is 1. The van der Waals surface area contributed by atoms with E-state index < -0.39 is 0 Å². The Balaban J connectivity index is 1.43. The predicted octanol–water partition coefficient (Wildman–Crippen LogP) is 5.27. The Labute approximate surface area is 178 Å². The van der Waals surface area contributed by atoms with Crippen molar-refractivity contribution >= 4 is 44.8 Å². The van der Waals surface area contributed by atoms with Crippen molar-refractivity contribution < 1.29 is 14.3 Å². The summed E-state index contributed by atoms with van der Waals surface area (Å²) in [5.74, 6) is -0.442. The van der Waals surface area contributed by atoms with Crippen LogP contribution in [0.3, 0.4) is 0 Å². The van der Waals surface area contributed by atoms with Gasteiger partial charge in [0.05, 0.1) is 17.8 Å². The Morgan fingerprint density at radius 3 is 2.50 bits per heavy atom. The van der Waals surface area contributed by atoms with Crippen LogP contribution in [0.2, 0.25) is 0 Å². The molecule has 0 fully saturated rings. The van der Waals surface area contributed by atoms with E-state index in [0.29, 0.717) is 10.8 Å². The largest absolute Gasteiger partial charge is 0.459 e. The van der Waals surface area contributed by atoms with E-state index in [1.807, 2.05) is 72.8 Å². The topological polar surface area (TPSA) is 59.5 Å². The number of hydrogen-bond donors (Lipinski definition) is 0. The van der Waals surface area contributed by atoms with E-state index in [0.717, 1.165) is 22.0 Å². The first-order valence-electron chi connectivity index (χ1n) is 9.54. The molecular weight excluding hydrogens is 396 g/mol. The fourth-order valence-corrected chi connectivity index (χ4v) is 4.15. The zero-order valence-corrected chi connectivity index (χ0v) is 17.3. The highest BCUT2D eigenvalue weighted by atomic mass is 32.1. The van der Waals surface area contributed by atoms with E-state index in [2.05, 4.69) is 4.98 Å². The number of carbonyl (C=O) groups excluding carboxylic acids is 2. The van der Waals surface area contributed by atoms with Gasteiger partial charge in [0.25, 0.3) is 0 Å². The van der Waals surface area contributed by atoms with E-state index in [-0.39, 0.29) is 24.9 Å². The smallest absolute Gasteiger partial charge is 0.310 e. The Hall–Kier alpha value is -3.51. The molecule has 4 aromatic rings. The first-order chi connectivity index (χ1) is 14.6. The lowest BCUT2D eigenvalue weighted by molar-refractivity contribution is -0.144. The molecule has 1 heterocycles. The van der Waals surface area contributed by atoms with E-state index in [1.54, 1.807) is 10.3 Å². The number of anilines is 2. The number of benzene rings is 3. The molecule has 0 unspecified atom stereocenters. The molecule has 0 spiro atoms. The maximum atomic E-state index is 12.4. The predicted molar refractivity (Wildman–Crippen MR) is 119 cm³/mol. The molecule has 0 saturated heterocycles. The van der Waals surface area contributed by atoms with Gasteiger partial charge in [0.1, 0.15) is 6.61 Å². The molecule has 0 N–H and O–H groups in total. The van der Waals surface area contributed by atoms with E-state index in [4.69, 9.17) is 4.74 Å². The summed E-state index contributed by atoms with van der Waals surface area (Å²) in [5, 5.41) is 4.50. The number of ether oxygens (including phenoxy) is 1. The van der Waals surface area contributed by atoms with Gasteiger partial charge in [0.15, 0.2) is 5.13 Å². The summed E-state index contributed by atoms with van der Waals surface area (Å²) in [6.45, 7) is 1.57. The van der Waals surface area contributed by atoms with Crippen LogP contribution in [0.15, 0.2) is 78.2 Å². The number of amides is 1. The zero-order valence-electron chi connectivity index (χ0n) is 16.4. The third-order valence-corrected chi connectivity index (χ3v) is 5.53. The molecule has 1 amide bonds. The third-order valence-electron chi connectivity index (χ3n) is 4.66. The lowest BCUT2D eigenvalue weighted by Crippen LogP contribution is -2.22. The lowest BCUT2D eigenvalue weighted by Gasteiger charge is -2.17. The van der Waals surface area contributed by atoms with Gasteiger partial charge in [-0.25, -0.2) is 4.98 Å². The molecule has 3 aromatic carbocycles. The molecule has 0 bridgehead atoms. The number of rotatable bonds is 6. The number of esters is 1. The summed E-state index contributed by atoms with van der Waals surface area (Å²) in [5.41, 5.74) is 2.30. The molecule has 0 saturated carbocycles. The maximum Gasteiger partial charge on any atom is 0.310 e. The van der Waals surface area contributed by atoms with Crippen LogP contribution in [0.25, 0.3) is 10.8 Å². The van der Waals surface area contributed by atoms with Gasteiger partial charge in [-0.05, 0) is 28.5 Å². The van der Waals surface area contributed by atoms with Crippen LogP contribution < -0.4 is 4.90 Å². The Bertz CT molecular complexity index is 1180. The molecule has 30 heavy (non-hydrogen) atoms. The Morgan fingerprint density at radius 2 is 1.70 bits per heavy atom. The average Bonchev–Trinajstić information content (AvgIpc) is 3.21. The molecule has 0 atom stereocenters. The summed E-state index contributed by atoms with van der Waals surface area (Å²) in [6.07, 6.45) is 0.196. The standard InChI is InChI=1S/C24H20N2O3S/c1-17(27)26(21-11-3-2-4-12-21)24-25-20(16-30-24)15-29-23(28)14-19-10-7-9-18-8-5-6-13-22(18)19/h2-13,16H,14-15H2,1H3. The van der Waals surface area contributed by atoms with Crippen molar-refractivity contribution in [2.24, 2.45) is 0 Å². The second kappa shape index (κ2) is 8.88. The summed E-state index contributed by atoms with van der Waals surface area (Å²) in [7, 11) is 0. The summed E-state index contributed by atoms with van der Waals surface area (Å²) in [6, 6.07) is 23.2. The molecular formula is C24H20N2O3S. The van der Waals surface area contributed by atoms with Crippen LogP contribution in [-0.2, 0) is 27.4 Å². The highest BCUT2D eigenvalue weighted by Gasteiger charge is 2.18. The fraction of sp³-hybridized carbons (Fsp3) is 0.125. The number of hydrogen-bond acceptors (Lipinski definition) is 5. The minimum Gasteiger partial charge on any atom is -0.459 e. The summed E-state index contributed by atoms with van der Waals surface area (Å²) in [4.78, 5) is 30.6. The maximum absolute atomic E-state index is 12.4. The van der Waals surface area contributed by atoms with Crippen molar-refractivity contribution in [3.8, 4) is 0 Å². The second-order valence-corrected chi connectivity index (χ2v) is 7.62. The molecule has 0 aliphatic rings. The third kappa shape index (κ3) is 4.39. The highest BCUT2D eigenvalue weighted by Crippen LogP contribution is 2.29. The average molecular weight is 417 g/mol. The Morgan fingerprint density at radius 1 is 0.967 bits per heavy atom. The van der Waals surface area contributed by atoms with Crippen LogP contribution in [-0.4, -0.2) is 16.9 Å². The Kier molecular flexibility index (Phi) is 5.86. The molecule has 6 heteroatoms.